The maximum Gasteiger partial charge on any atom is 0.0965 e. The van der Waals surface area contributed by atoms with Crippen LogP contribution in [0.25, 0.3) is 0 Å². The Morgan fingerprint density at radius 2 is 2.00 bits per heavy atom. The largest absolute Gasteiger partial charge is 0.371 e. The van der Waals surface area contributed by atoms with Gasteiger partial charge in [-0.15, -0.1) is 0 Å². The van der Waals surface area contributed by atoms with Gasteiger partial charge in [0.25, 0.3) is 0 Å². The highest BCUT2D eigenvalue weighted by Gasteiger charge is 2.21. The Morgan fingerprint density at radius 3 is 2.64 bits per heavy atom. The van der Waals surface area contributed by atoms with Crippen LogP contribution in [0.1, 0.15) is 51.9 Å². The van der Waals surface area contributed by atoms with E-state index in [1.807, 2.05) is 0 Å². The quantitative estimate of drug-likeness (QED) is 0.718. The Balaban J connectivity index is 1.78. The summed E-state index contributed by atoms with van der Waals surface area (Å²) in [6.07, 6.45) is 9.58. The smallest absolute Gasteiger partial charge is 0.0965 e. The van der Waals surface area contributed by atoms with Crippen molar-refractivity contribution < 1.29 is 0 Å². The molecule has 0 amide bonds. The average Bonchev–Trinajstić information content (AvgIpc) is 2.72. The van der Waals surface area contributed by atoms with Crippen molar-refractivity contribution in [1.82, 2.24) is 5.32 Å². The minimum Gasteiger partial charge on any atom is -0.371 e. The van der Waals surface area contributed by atoms with Gasteiger partial charge in [-0.25, -0.2) is 0 Å². The Bertz CT molecular complexity index is 204. The Morgan fingerprint density at radius 1 is 1.21 bits per heavy atom. The third-order valence-corrected chi connectivity index (χ3v) is 3.63. The summed E-state index contributed by atoms with van der Waals surface area (Å²) in [5.74, 6) is 2.16. The molecule has 0 aromatic carbocycles. The van der Waals surface area contributed by atoms with Crippen molar-refractivity contribution in [3.8, 4) is 0 Å². The predicted molar refractivity (Wildman–Crippen MR) is 60.7 cm³/mol. The van der Waals surface area contributed by atoms with Crippen LogP contribution in [0, 0.1) is 5.92 Å². The van der Waals surface area contributed by atoms with E-state index in [1.54, 1.807) is 0 Å². The zero-order valence-corrected chi connectivity index (χ0v) is 9.26. The summed E-state index contributed by atoms with van der Waals surface area (Å²) in [6, 6.07) is 0.646. The molecule has 1 saturated carbocycles. The third-order valence-electron chi connectivity index (χ3n) is 3.63. The van der Waals surface area contributed by atoms with Gasteiger partial charge in [-0.3, -0.25) is 4.99 Å². The molecule has 0 radical (unpaired) electrons. The number of hydrogen-bond acceptors (Lipinski definition) is 2. The van der Waals surface area contributed by atoms with Crippen LogP contribution in [-0.4, -0.2) is 18.4 Å². The van der Waals surface area contributed by atoms with E-state index in [0.29, 0.717) is 6.04 Å². The Labute approximate surface area is 87.2 Å². The minimum atomic E-state index is 0.646. The van der Waals surface area contributed by atoms with Crippen LogP contribution < -0.4 is 5.32 Å². The predicted octanol–water partition coefficient (Wildman–Crippen LogP) is 2.74. The lowest BCUT2D eigenvalue weighted by molar-refractivity contribution is 0.301. The number of hydrogen-bond donors (Lipinski definition) is 1. The third kappa shape index (κ3) is 2.49. The molecule has 0 bridgehead atoms. The van der Waals surface area contributed by atoms with E-state index in [4.69, 9.17) is 0 Å². The van der Waals surface area contributed by atoms with E-state index in [9.17, 15) is 0 Å². The van der Waals surface area contributed by atoms with Crippen LogP contribution in [0.3, 0.4) is 0 Å². The maximum absolute atomic E-state index is 4.48. The van der Waals surface area contributed by atoms with Crippen molar-refractivity contribution in [2.75, 3.05) is 6.54 Å². The van der Waals surface area contributed by atoms with E-state index in [1.165, 1.54) is 50.8 Å². The van der Waals surface area contributed by atoms with Gasteiger partial charge in [-0.2, -0.15) is 0 Å². The lowest BCUT2D eigenvalue weighted by Gasteiger charge is -2.28. The number of rotatable bonds is 2. The van der Waals surface area contributed by atoms with Crippen molar-refractivity contribution in [2.45, 2.75) is 57.9 Å². The summed E-state index contributed by atoms with van der Waals surface area (Å²) >= 11 is 0. The van der Waals surface area contributed by atoms with Gasteiger partial charge in [-0.1, -0.05) is 19.3 Å². The van der Waals surface area contributed by atoms with Gasteiger partial charge in [0.1, 0.15) is 0 Å². The summed E-state index contributed by atoms with van der Waals surface area (Å²) in [6.45, 7) is 3.37. The fourth-order valence-electron chi connectivity index (χ4n) is 2.67. The molecule has 0 spiro atoms. The first-order valence-electron chi connectivity index (χ1n) is 6.16. The van der Waals surface area contributed by atoms with E-state index in [2.05, 4.69) is 17.2 Å². The monoisotopic (exact) mass is 194 g/mol. The number of nitrogens with zero attached hydrogens (tertiary/aromatic N) is 1. The van der Waals surface area contributed by atoms with Gasteiger partial charge in [0.05, 0.1) is 5.84 Å². The van der Waals surface area contributed by atoms with Gasteiger partial charge in [0, 0.05) is 19.0 Å². The lowest BCUT2D eigenvalue weighted by Crippen LogP contribution is -2.38. The topological polar surface area (TPSA) is 24.4 Å². The van der Waals surface area contributed by atoms with Crippen LogP contribution in [0.2, 0.25) is 0 Å². The highest BCUT2D eigenvalue weighted by Crippen LogP contribution is 2.26. The zero-order valence-electron chi connectivity index (χ0n) is 9.26. The second-order valence-electron chi connectivity index (χ2n) is 4.76. The molecule has 14 heavy (non-hydrogen) atoms. The fraction of sp³-hybridized carbons (Fsp3) is 0.917. The SMILES string of the molecule is C[C@H](NC1=NCCC1)C1CCCCC1. The molecule has 80 valence electrons. The first-order chi connectivity index (χ1) is 6.86. The van der Waals surface area contributed by atoms with Crippen LogP contribution in [0.4, 0.5) is 0 Å². The number of amidine groups is 1. The van der Waals surface area contributed by atoms with Gasteiger partial charge in [-0.05, 0) is 32.1 Å². The molecular weight excluding hydrogens is 172 g/mol. The summed E-state index contributed by atoms with van der Waals surface area (Å²) in [4.78, 5) is 4.48. The van der Waals surface area contributed by atoms with Gasteiger partial charge in [0.15, 0.2) is 0 Å². The van der Waals surface area contributed by atoms with Crippen LogP contribution in [0.5, 0.6) is 0 Å². The van der Waals surface area contributed by atoms with E-state index in [0.717, 1.165) is 12.5 Å². The van der Waals surface area contributed by atoms with Crippen molar-refractivity contribution >= 4 is 5.84 Å². The maximum atomic E-state index is 4.48. The highest BCUT2D eigenvalue weighted by molar-refractivity contribution is 5.83. The Hall–Kier alpha value is -0.530. The first kappa shape index (κ1) is 10.0. The highest BCUT2D eigenvalue weighted by atomic mass is 15.0. The zero-order chi connectivity index (χ0) is 9.80. The molecule has 0 aromatic rings. The molecule has 2 heteroatoms. The summed E-state index contributed by atoms with van der Waals surface area (Å²) in [5, 5.41) is 3.60. The summed E-state index contributed by atoms with van der Waals surface area (Å²) in [5.41, 5.74) is 0. The fourth-order valence-corrected chi connectivity index (χ4v) is 2.67. The van der Waals surface area contributed by atoms with Gasteiger partial charge < -0.3 is 5.32 Å². The normalized spacial score (nSPS) is 25.9. The lowest BCUT2D eigenvalue weighted by atomic mass is 9.84. The van der Waals surface area contributed by atoms with Gasteiger partial charge >= 0.3 is 0 Å². The van der Waals surface area contributed by atoms with Crippen molar-refractivity contribution in [1.29, 1.82) is 0 Å². The van der Waals surface area contributed by atoms with E-state index >= 15 is 0 Å². The van der Waals surface area contributed by atoms with Crippen LogP contribution in [0.15, 0.2) is 4.99 Å². The summed E-state index contributed by atoms with van der Waals surface area (Å²) in [7, 11) is 0. The molecule has 0 saturated heterocycles. The second kappa shape index (κ2) is 4.81. The average molecular weight is 194 g/mol. The second-order valence-corrected chi connectivity index (χ2v) is 4.76. The standard InChI is InChI=1S/C12H22N2/c1-10(11-6-3-2-4-7-11)14-12-8-5-9-13-12/h10-11H,2-9H2,1H3,(H,13,14)/t10-/m0/s1. The van der Waals surface area contributed by atoms with Gasteiger partial charge in [0.2, 0.25) is 0 Å². The number of nitrogens with one attached hydrogen (secondary N) is 1. The molecule has 2 aliphatic rings. The van der Waals surface area contributed by atoms with Crippen molar-refractivity contribution in [2.24, 2.45) is 10.9 Å². The minimum absolute atomic E-state index is 0.646. The molecule has 1 heterocycles. The van der Waals surface area contributed by atoms with Crippen molar-refractivity contribution in [3.63, 3.8) is 0 Å². The molecule has 1 aliphatic heterocycles. The van der Waals surface area contributed by atoms with E-state index in [-0.39, 0.29) is 0 Å². The molecule has 2 rings (SSSR count). The number of aliphatic imine (C=N–C) groups is 1. The molecule has 1 N–H and O–H groups in total. The molecule has 0 unspecified atom stereocenters. The van der Waals surface area contributed by atoms with Crippen molar-refractivity contribution in [3.05, 3.63) is 0 Å². The molecule has 2 nitrogen and oxygen atoms in total. The van der Waals surface area contributed by atoms with Crippen LogP contribution in [-0.2, 0) is 0 Å². The van der Waals surface area contributed by atoms with E-state index < -0.39 is 0 Å². The molecule has 1 atom stereocenters. The van der Waals surface area contributed by atoms with Crippen LogP contribution >= 0.6 is 0 Å². The molecular formula is C12H22N2. The Kier molecular flexibility index (Phi) is 3.44. The molecule has 1 aliphatic carbocycles. The first-order valence-corrected chi connectivity index (χ1v) is 6.16. The molecule has 1 fully saturated rings. The summed E-state index contributed by atoms with van der Waals surface area (Å²) < 4.78 is 0. The molecule has 0 aromatic heterocycles.